The Hall–Kier alpha value is -0.860. The van der Waals surface area contributed by atoms with E-state index in [2.05, 4.69) is 51.2 Å². The maximum absolute atomic E-state index is 5.04. The summed E-state index contributed by atoms with van der Waals surface area (Å²) in [6, 6.07) is 6.79. The first kappa shape index (κ1) is 14.2. The smallest absolute Gasteiger partial charge is 0.0587 e. The minimum Gasteiger partial charge on any atom is -0.383 e. The standard InChI is InChI=1S/C15H25NO/c1-12-8-13(2)10-14(9-12)15(3,4)11-16-6-7-17-5/h8-10,16H,6-7,11H2,1-5H3. The van der Waals surface area contributed by atoms with E-state index in [1.165, 1.54) is 16.7 Å². The van der Waals surface area contributed by atoms with Crippen LogP contribution in [0.4, 0.5) is 0 Å². The van der Waals surface area contributed by atoms with Gasteiger partial charge in [0.05, 0.1) is 6.61 Å². The molecule has 2 nitrogen and oxygen atoms in total. The quantitative estimate of drug-likeness (QED) is 0.766. The second-order valence-electron chi connectivity index (χ2n) is 5.43. The topological polar surface area (TPSA) is 21.3 Å². The third-order valence-corrected chi connectivity index (χ3v) is 3.05. The molecule has 0 radical (unpaired) electrons. The monoisotopic (exact) mass is 235 g/mol. The molecule has 0 saturated heterocycles. The van der Waals surface area contributed by atoms with Crippen LogP contribution in [0.25, 0.3) is 0 Å². The minimum absolute atomic E-state index is 0.157. The van der Waals surface area contributed by atoms with Crippen molar-refractivity contribution in [3.63, 3.8) is 0 Å². The van der Waals surface area contributed by atoms with Gasteiger partial charge in [0.15, 0.2) is 0 Å². The summed E-state index contributed by atoms with van der Waals surface area (Å²) in [6.45, 7) is 11.5. The summed E-state index contributed by atoms with van der Waals surface area (Å²) < 4.78 is 5.04. The highest BCUT2D eigenvalue weighted by molar-refractivity contribution is 5.33. The first-order chi connectivity index (χ1) is 7.95. The number of hydrogen-bond acceptors (Lipinski definition) is 2. The Morgan fingerprint density at radius 1 is 1.12 bits per heavy atom. The minimum atomic E-state index is 0.157. The van der Waals surface area contributed by atoms with Crippen LogP contribution in [0.2, 0.25) is 0 Å². The van der Waals surface area contributed by atoms with Gasteiger partial charge >= 0.3 is 0 Å². The summed E-state index contributed by atoms with van der Waals surface area (Å²) in [6.07, 6.45) is 0. The molecule has 2 heteroatoms. The molecular weight excluding hydrogens is 210 g/mol. The molecule has 96 valence electrons. The molecule has 0 amide bonds. The number of ether oxygens (including phenoxy) is 1. The van der Waals surface area contributed by atoms with E-state index in [0.717, 1.165) is 19.7 Å². The zero-order valence-electron chi connectivity index (χ0n) is 11.8. The third-order valence-electron chi connectivity index (χ3n) is 3.05. The van der Waals surface area contributed by atoms with Crippen LogP contribution in [0.5, 0.6) is 0 Å². The lowest BCUT2D eigenvalue weighted by Gasteiger charge is -2.26. The van der Waals surface area contributed by atoms with Gasteiger partial charge in [-0.2, -0.15) is 0 Å². The second kappa shape index (κ2) is 6.18. The van der Waals surface area contributed by atoms with E-state index in [4.69, 9.17) is 4.74 Å². The number of nitrogens with one attached hydrogen (secondary N) is 1. The predicted octanol–water partition coefficient (Wildman–Crippen LogP) is 2.82. The average Bonchev–Trinajstić information content (AvgIpc) is 2.23. The van der Waals surface area contributed by atoms with E-state index in [-0.39, 0.29) is 5.41 Å². The van der Waals surface area contributed by atoms with Gasteiger partial charge in [-0.05, 0) is 19.4 Å². The number of rotatable bonds is 6. The molecule has 17 heavy (non-hydrogen) atoms. The lowest BCUT2D eigenvalue weighted by molar-refractivity contribution is 0.197. The first-order valence-electron chi connectivity index (χ1n) is 6.24. The largest absolute Gasteiger partial charge is 0.383 e. The van der Waals surface area contributed by atoms with Crippen molar-refractivity contribution in [2.75, 3.05) is 26.8 Å². The molecule has 0 bridgehead atoms. The maximum Gasteiger partial charge on any atom is 0.0587 e. The van der Waals surface area contributed by atoms with Gasteiger partial charge in [0.1, 0.15) is 0 Å². The highest BCUT2D eigenvalue weighted by atomic mass is 16.5. The van der Waals surface area contributed by atoms with Crippen molar-refractivity contribution < 1.29 is 4.74 Å². The first-order valence-corrected chi connectivity index (χ1v) is 6.24. The van der Waals surface area contributed by atoms with Crippen LogP contribution < -0.4 is 5.32 Å². The molecule has 0 aliphatic heterocycles. The normalized spacial score (nSPS) is 11.8. The van der Waals surface area contributed by atoms with Gasteiger partial charge in [0.25, 0.3) is 0 Å². The van der Waals surface area contributed by atoms with Gasteiger partial charge in [-0.15, -0.1) is 0 Å². The molecular formula is C15H25NO. The van der Waals surface area contributed by atoms with Gasteiger partial charge in [-0.3, -0.25) is 0 Å². The van der Waals surface area contributed by atoms with Crippen molar-refractivity contribution in [1.29, 1.82) is 0 Å². The molecule has 0 saturated carbocycles. The van der Waals surface area contributed by atoms with Crippen molar-refractivity contribution in [2.24, 2.45) is 0 Å². The predicted molar refractivity (Wildman–Crippen MR) is 73.7 cm³/mol. The maximum atomic E-state index is 5.04. The Kier molecular flexibility index (Phi) is 5.16. The molecule has 0 aliphatic carbocycles. The lowest BCUT2D eigenvalue weighted by atomic mass is 9.83. The highest BCUT2D eigenvalue weighted by Crippen LogP contribution is 2.24. The van der Waals surface area contributed by atoms with E-state index < -0.39 is 0 Å². The number of methoxy groups -OCH3 is 1. The van der Waals surface area contributed by atoms with Crippen molar-refractivity contribution in [3.05, 3.63) is 34.9 Å². The van der Waals surface area contributed by atoms with Crippen molar-refractivity contribution >= 4 is 0 Å². The van der Waals surface area contributed by atoms with E-state index >= 15 is 0 Å². The molecule has 1 rings (SSSR count). The van der Waals surface area contributed by atoms with Gasteiger partial charge in [0, 0.05) is 25.6 Å². The Balaban J connectivity index is 2.67. The zero-order valence-corrected chi connectivity index (χ0v) is 11.8. The van der Waals surface area contributed by atoms with Gasteiger partial charge in [0.2, 0.25) is 0 Å². The Labute approximate surface area is 105 Å². The second-order valence-corrected chi connectivity index (χ2v) is 5.43. The molecule has 0 heterocycles. The molecule has 0 fully saturated rings. The van der Waals surface area contributed by atoms with Crippen molar-refractivity contribution in [3.8, 4) is 0 Å². The van der Waals surface area contributed by atoms with Crippen LogP contribution in [-0.4, -0.2) is 26.8 Å². The van der Waals surface area contributed by atoms with Gasteiger partial charge in [-0.1, -0.05) is 43.2 Å². The van der Waals surface area contributed by atoms with Gasteiger partial charge < -0.3 is 10.1 Å². The Bertz CT molecular complexity index is 338. The third kappa shape index (κ3) is 4.49. The molecule has 0 aromatic heterocycles. The van der Waals surface area contributed by atoms with Crippen molar-refractivity contribution in [2.45, 2.75) is 33.1 Å². The Morgan fingerprint density at radius 2 is 1.71 bits per heavy atom. The SMILES string of the molecule is COCCNCC(C)(C)c1cc(C)cc(C)c1. The molecule has 1 aromatic carbocycles. The summed E-state index contributed by atoms with van der Waals surface area (Å²) in [7, 11) is 1.73. The van der Waals surface area contributed by atoms with Crippen LogP contribution in [0.15, 0.2) is 18.2 Å². The van der Waals surface area contributed by atoms with Crippen molar-refractivity contribution in [1.82, 2.24) is 5.32 Å². The Morgan fingerprint density at radius 3 is 2.24 bits per heavy atom. The molecule has 1 N–H and O–H groups in total. The number of hydrogen-bond donors (Lipinski definition) is 1. The molecule has 0 spiro atoms. The van der Waals surface area contributed by atoms with E-state index in [1.807, 2.05) is 0 Å². The fourth-order valence-electron chi connectivity index (χ4n) is 2.04. The number of benzene rings is 1. The van der Waals surface area contributed by atoms with Crippen LogP contribution in [0, 0.1) is 13.8 Å². The summed E-state index contributed by atoms with van der Waals surface area (Å²) >= 11 is 0. The lowest BCUT2D eigenvalue weighted by Crippen LogP contribution is -2.34. The molecule has 0 aliphatic rings. The highest BCUT2D eigenvalue weighted by Gasteiger charge is 2.20. The fraction of sp³-hybridized carbons (Fsp3) is 0.600. The van der Waals surface area contributed by atoms with E-state index in [9.17, 15) is 0 Å². The average molecular weight is 235 g/mol. The van der Waals surface area contributed by atoms with Crippen LogP contribution in [0.1, 0.15) is 30.5 Å². The van der Waals surface area contributed by atoms with Crippen LogP contribution in [0.3, 0.4) is 0 Å². The summed E-state index contributed by atoms with van der Waals surface area (Å²) in [5.74, 6) is 0. The summed E-state index contributed by atoms with van der Waals surface area (Å²) in [5, 5.41) is 3.44. The molecule has 0 atom stereocenters. The summed E-state index contributed by atoms with van der Waals surface area (Å²) in [4.78, 5) is 0. The molecule has 0 unspecified atom stereocenters. The van der Waals surface area contributed by atoms with Crippen LogP contribution >= 0.6 is 0 Å². The zero-order chi connectivity index (χ0) is 12.9. The summed E-state index contributed by atoms with van der Waals surface area (Å²) in [5.41, 5.74) is 4.24. The molecule has 1 aromatic rings. The number of aryl methyl sites for hydroxylation is 2. The van der Waals surface area contributed by atoms with Crippen LogP contribution in [-0.2, 0) is 10.2 Å². The van der Waals surface area contributed by atoms with E-state index in [1.54, 1.807) is 7.11 Å². The fourth-order valence-corrected chi connectivity index (χ4v) is 2.04. The van der Waals surface area contributed by atoms with Gasteiger partial charge in [-0.25, -0.2) is 0 Å². The van der Waals surface area contributed by atoms with E-state index in [0.29, 0.717) is 0 Å².